The van der Waals surface area contributed by atoms with Crippen molar-refractivity contribution in [3.8, 4) is 0 Å². The average molecular weight is 500 g/mol. The van der Waals surface area contributed by atoms with Gasteiger partial charge in [-0.05, 0) is 61.1 Å². The molecule has 0 fully saturated rings. The zero-order chi connectivity index (χ0) is 22.2. The van der Waals surface area contributed by atoms with Crippen molar-refractivity contribution in [3.05, 3.63) is 65.5 Å². The van der Waals surface area contributed by atoms with Gasteiger partial charge in [-0.15, -0.1) is 24.8 Å². The molecule has 0 aliphatic carbocycles. The molecule has 0 saturated heterocycles. The first kappa shape index (κ1) is 31.7. The number of rotatable bonds is 17. The molecule has 3 N–H and O–H groups in total. The van der Waals surface area contributed by atoms with E-state index in [-0.39, 0.29) is 36.7 Å². The van der Waals surface area contributed by atoms with Crippen molar-refractivity contribution in [2.45, 2.75) is 96.4 Å². The molecule has 2 rings (SSSR count). The molecule has 33 heavy (non-hydrogen) atoms. The minimum atomic E-state index is -0.214. The second kappa shape index (κ2) is 20.1. The van der Waals surface area contributed by atoms with Crippen LogP contribution in [0.2, 0.25) is 0 Å². The fourth-order valence-corrected chi connectivity index (χ4v) is 4.04. The quantitative estimate of drug-likeness (QED) is 0.213. The molecule has 1 unspecified atom stereocenters. The van der Waals surface area contributed by atoms with Gasteiger partial charge in [0.1, 0.15) is 5.82 Å². The third kappa shape index (κ3) is 14.6. The van der Waals surface area contributed by atoms with Gasteiger partial charge in [0.25, 0.3) is 0 Å². The number of benzene rings is 2. The first-order valence-corrected chi connectivity index (χ1v) is 12.5. The Morgan fingerprint density at radius 2 is 1.27 bits per heavy atom. The Hall–Kier alpha value is -1.29. The molecule has 188 valence electrons. The largest absolute Gasteiger partial charge is 0.385 e. The molecule has 2 aromatic rings. The first-order chi connectivity index (χ1) is 15.2. The summed E-state index contributed by atoms with van der Waals surface area (Å²) < 4.78 is 13.0. The zero-order valence-electron chi connectivity index (χ0n) is 20.4. The monoisotopic (exact) mass is 498 g/mol. The van der Waals surface area contributed by atoms with Gasteiger partial charge in [-0.1, -0.05) is 89.0 Å². The second-order valence-corrected chi connectivity index (χ2v) is 8.86. The topological polar surface area (TPSA) is 38.0 Å². The van der Waals surface area contributed by atoms with Crippen molar-refractivity contribution >= 4 is 30.5 Å². The van der Waals surface area contributed by atoms with Crippen molar-refractivity contribution < 1.29 is 4.39 Å². The molecule has 2 aromatic carbocycles. The minimum Gasteiger partial charge on any atom is -0.385 e. The molecule has 0 aliphatic rings. The highest BCUT2D eigenvalue weighted by Gasteiger charge is 2.05. The van der Waals surface area contributed by atoms with Crippen molar-refractivity contribution in [1.29, 1.82) is 0 Å². The number of nitrogens with two attached hydrogens (primary N) is 1. The van der Waals surface area contributed by atoms with Crippen molar-refractivity contribution in [2.24, 2.45) is 5.73 Å². The fraction of sp³-hybridized carbons (Fsp3) is 0.571. The van der Waals surface area contributed by atoms with E-state index >= 15 is 0 Å². The van der Waals surface area contributed by atoms with Crippen molar-refractivity contribution in [2.75, 3.05) is 11.9 Å². The summed E-state index contributed by atoms with van der Waals surface area (Å²) in [6, 6.07) is 15.3. The van der Waals surface area contributed by atoms with Crippen LogP contribution in [0, 0.1) is 5.82 Å². The number of hydrogen-bond acceptors (Lipinski definition) is 2. The molecule has 0 radical (unpaired) electrons. The van der Waals surface area contributed by atoms with Crippen LogP contribution in [0.4, 0.5) is 10.1 Å². The van der Waals surface area contributed by atoms with Gasteiger partial charge in [0.15, 0.2) is 0 Å². The van der Waals surface area contributed by atoms with Crippen molar-refractivity contribution in [3.63, 3.8) is 0 Å². The normalized spacial score (nSPS) is 11.4. The third-order valence-corrected chi connectivity index (χ3v) is 6.09. The summed E-state index contributed by atoms with van der Waals surface area (Å²) in [7, 11) is 0. The number of unbranched alkanes of at least 4 members (excludes halogenated alkanes) is 9. The van der Waals surface area contributed by atoms with Crippen LogP contribution in [0.15, 0.2) is 48.5 Å². The van der Waals surface area contributed by atoms with Crippen LogP contribution in [-0.4, -0.2) is 6.54 Å². The van der Waals surface area contributed by atoms with E-state index in [1.54, 1.807) is 12.1 Å². The van der Waals surface area contributed by atoms with E-state index in [1.807, 2.05) is 0 Å². The highest BCUT2D eigenvalue weighted by Crippen LogP contribution is 2.17. The Morgan fingerprint density at radius 3 is 1.85 bits per heavy atom. The van der Waals surface area contributed by atoms with Gasteiger partial charge >= 0.3 is 0 Å². The molecule has 0 spiro atoms. The lowest BCUT2D eigenvalue weighted by Gasteiger charge is -2.13. The van der Waals surface area contributed by atoms with Gasteiger partial charge in [0, 0.05) is 18.3 Å². The SMILES string of the molecule is CCCCCCCCCCCCc1ccc(NCCCC(N)c2ccc(F)cc2)cc1.Cl.Cl. The Morgan fingerprint density at radius 1 is 0.727 bits per heavy atom. The maximum Gasteiger partial charge on any atom is 0.123 e. The van der Waals surface area contributed by atoms with Gasteiger partial charge in [-0.2, -0.15) is 0 Å². The molecule has 0 aliphatic heterocycles. The fourth-order valence-electron chi connectivity index (χ4n) is 4.04. The Bertz CT molecular complexity index is 692. The molecular weight excluding hydrogens is 454 g/mol. The van der Waals surface area contributed by atoms with E-state index in [4.69, 9.17) is 5.73 Å². The maximum atomic E-state index is 13.0. The highest BCUT2D eigenvalue weighted by molar-refractivity contribution is 5.85. The van der Waals surface area contributed by atoms with Gasteiger partial charge in [0.05, 0.1) is 0 Å². The van der Waals surface area contributed by atoms with E-state index in [9.17, 15) is 4.39 Å². The van der Waals surface area contributed by atoms with E-state index in [0.29, 0.717) is 0 Å². The minimum absolute atomic E-state index is 0. The average Bonchev–Trinajstić information content (AvgIpc) is 2.79. The summed E-state index contributed by atoms with van der Waals surface area (Å²) in [5.74, 6) is -0.214. The summed E-state index contributed by atoms with van der Waals surface area (Å²) in [5.41, 5.74) is 9.80. The van der Waals surface area contributed by atoms with Gasteiger partial charge in [-0.3, -0.25) is 0 Å². The Kier molecular flexibility index (Phi) is 19.3. The van der Waals surface area contributed by atoms with Crippen LogP contribution < -0.4 is 11.1 Å². The molecule has 5 heteroatoms. The predicted octanol–water partition coefficient (Wildman–Crippen LogP) is 9.02. The molecule has 1 atom stereocenters. The van der Waals surface area contributed by atoms with Gasteiger partial charge in [-0.25, -0.2) is 4.39 Å². The first-order valence-electron chi connectivity index (χ1n) is 12.5. The number of hydrogen-bond donors (Lipinski definition) is 2. The van der Waals surface area contributed by atoms with E-state index in [1.165, 1.54) is 94.0 Å². The van der Waals surface area contributed by atoms with Gasteiger partial charge < -0.3 is 11.1 Å². The molecule has 0 heterocycles. The molecule has 0 aromatic heterocycles. The van der Waals surface area contributed by atoms with Crippen molar-refractivity contribution in [1.82, 2.24) is 0 Å². The predicted molar refractivity (Wildman–Crippen MR) is 148 cm³/mol. The zero-order valence-corrected chi connectivity index (χ0v) is 22.0. The number of nitrogens with one attached hydrogen (secondary N) is 1. The smallest absolute Gasteiger partial charge is 0.123 e. The van der Waals surface area contributed by atoms with Crippen LogP contribution in [0.25, 0.3) is 0 Å². The van der Waals surface area contributed by atoms with Crippen LogP contribution in [0.5, 0.6) is 0 Å². The van der Waals surface area contributed by atoms with Crippen LogP contribution in [0.1, 0.15) is 101 Å². The van der Waals surface area contributed by atoms with E-state index in [0.717, 1.165) is 24.9 Å². The lowest BCUT2D eigenvalue weighted by molar-refractivity contribution is 0.556. The summed E-state index contributed by atoms with van der Waals surface area (Å²) in [6.45, 7) is 3.17. The molecule has 0 amide bonds. The van der Waals surface area contributed by atoms with Gasteiger partial charge in [0.2, 0.25) is 0 Å². The Balaban J connectivity index is 0.00000512. The third-order valence-electron chi connectivity index (χ3n) is 6.09. The maximum absolute atomic E-state index is 13.0. The standard InChI is InChI=1S/C28H43FN2.2ClH/c1-2-3-4-5-6-7-8-9-10-11-13-24-15-21-27(22-16-24)31-23-12-14-28(30)25-17-19-26(29)20-18-25;;/h15-22,28,31H,2-14,23,30H2,1H3;2*1H. The number of aryl methyl sites for hydroxylation is 1. The van der Waals surface area contributed by atoms with Crippen LogP contribution in [0.3, 0.4) is 0 Å². The summed E-state index contributed by atoms with van der Waals surface area (Å²) in [6.07, 6.45) is 16.9. The Labute approximate surface area is 214 Å². The lowest BCUT2D eigenvalue weighted by Crippen LogP contribution is -2.12. The summed E-state index contributed by atoms with van der Waals surface area (Å²) >= 11 is 0. The summed E-state index contributed by atoms with van der Waals surface area (Å²) in [5, 5.41) is 3.48. The molecular formula is C28H45Cl2FN2. The van der Waals surface area contributed by atoms with E-state index < -0.39 is 0 Å². The lowest BCUT2D eigenvalue weighted by atomic mass is 10.0. The number of anilines is 1. The molecule has 0 bridgehead atoms. The van der Waals surface area contributed by atoms with E-state index in [2.05, 4.69) is 36.5 Å². The van der Waals surface area contributed by atoms with Crippen LogP contribution >= 0.6 is 24.8 Å². The number of halogens is 3. The highest BCUT2D eigenvalue weighted by atomic mass is 35.5. The second-order valence-electron chi connectivity index (χ2n) is 8.86. The molecule has 2 nitrogen and oxygen atoms in total. The molecule has 0 saturated carbocycles. The van der Waals surface area contributed by atoms with Crippen LogP contribution in [-0.2, 0) is 6.42 Å². The summed E-state index contributed by atoms with van der Waals surface area (Å²) in [4.78, 5) is 0.